The average molecular weight is 294 g/mol. The standard InChI is InChI=1S/C13H18N4O4/c1-3-14-12-6-10(11(7-15-12)17(19)20)13(18)16-4-5-21-8-9(16)2/h6-7,9H,3-5,8H2,1-2H3,(H,14,15). The monoisotopic (exact) mass is 294 g/mol. The zero-order chi connectivity index (χ0) is 15.4. The number of amides is 1. The number of morpholine rings is 1. The van der Waals surface area contributed by atoms with Gasteiger partial charge in [-0.2, -0.15) is 0 Å². The van der Waals surface area contributed by atoms with Crippen LogP contribution in [0.1, 0.15) is 24.2 Å². The van der Waals surface area contributed by atoms with E-state index in [2.05, 4.69) is 10.3 Å². The third-order valence-electron chi connectivity index (χ3n) is 3.30. The van der Waals surface area contributed by atoms with Crippen molar-refractivity contribution in [2.24, 2.45) is 0 Å². The number of nitrogens with zero attached hydrogens (tertiary/aromatic N) is 3. The number of nitrogens with one attached hydrogen (secondary N) is 1. The predicted molar refractivity (Wildman–Crippen MR) is 76.4 cm³/mol. The first-order valence-corrected chi connectivity index (χ1v) is 6.81. The Kier molecular flexibility index (Phi) is 4.69. The number of carbonyl (C=O) groups is 1. The van der Waals surface area contributed by atoms with Crippen molar-refractivity contribution in [1.29, 1.82) is 0 Å². The maximum absolute atomic E-state index is 12.6. The summed E-state index contributed by atoms with van der Waals surface area (Å²) in [5, 5.41) is 14.1. The second-order valence-corrected chi connectivity index (χ2v) is 4.80. The summed E-state index contributed by atoms with van der Waals surface area (Å²) in [6.45, 7) is 5.66. The van der Waals surface area contributed by atoms with Gasteiger partial charge in [-0.3, -0.25) is 14.9 Å². The van der Waals surface area contributed by atoms with Crippen molar-refractivity contribution in [3.05, 3.63) is 27.9 Å². The van der Waals surface area contributed by atoms with Crippen molar-refractivity contribution in [2.75, 3.05) is 31.6 Å². The smallest absolute Gasteiger partial charge is 0.300 e. The SMILES string of the molecule is CCNc1cc(C(=O)N2CCOCC2C)c([N+](=O)[O-])cn1. The van der Waals surface area contributed by atoms with Crippen LogP contribution in [0.2, 0.25) is 0 Å². The zero-order valence-corrected chi connectivity index (χ0v) is 12.0. The molecule has 8 nitrogen and oxygen atoms in total. The summed E-state index contributed by atoms with van der Waals surface area (Å²) in [5.41, 5.74) is -0.222. The van der Waals surface area contributed by atoms with Gasteiger partial charge in [-0.1, -0.05) is 0 Å². The minimum Gasteiger partial charge on any atom is -0.377 e. The molecule has 1 aliphatic heterocycles. The van der Waals surface area contributed by atoms with Gasteiger partial charge in [0.25, 0.3) is 11.6 Å². The molecule has 1 atom stereocenters. The lowest BCUT2D eigenvalue weighted by atomic mass is 10.1. The zero-order valence-electron chi connectivity index (χ0n) is 12.0. The molecule has 1 N–H and O–H groups in total. The summed E-state index contributed by atoms with van der Waals surface area (Å²) in [4.78, 5) is 28.7. The molecule has 2 heterocycles. The van der Waals surface area contributed by atoms with E-state index in [1.54, 1.807) is 4.90 Å². The van der Waals surface area contributed by atoms with E-state index in [0.717, 1.165) is 6.20 Å². The lowest BCUT2D eigenvalue weighted by molar-refractivity contribution is -0.385. The van der Waals surface area contributed by atoms with Gasteiger partial charge in [0, 0.05) is 19.2 Å². The van der Waals surface area contributed by atoms with E-state index in [-0.39, 0.29) is 23.2 Å². The van der Waals surface area contributed by atoms with Crippen LogP contribution in [0.3, 0.4) is 0 Å². The molecule has 0 spiro atoms. The van der Waals surface area contributed by atoms with Gasteiger partial charge in [0.15, 0.2) is 0 Å². The van der Waals surface area contributed by atoms with Crippen LogP contribution < -0.4 is 5.32 Å². The normalized spacial score (nSPS) is 18.4. The Hall–Kier alpha value is -2.22. The van der Waals surface area contributed by atoms with Gasteiger partial charge in [-0.05, 0) is 13.8 Å². The van der Waals surface area contributed by atoms with Gasteiger partial charge in [0.1, 0.15) is 17.6 Å². The lowest BCUT2D eigenvalue weighted by Gasteiger charge is -2.33. The highest BCUT2D eigenvalue weighted by Crippen LogP contribution is 2.23. The fraction of sp³-hybridized carbons (Fsp3) is 0.538. The average Bonchev–Trinajstić information content (AvgIpc) is 2.47. The van der Waals surface area contributed by atoms with E-state index in [0.29, 0.717) is 32.1 Å². The Balaban J connectivity index is 2.36. The fourth-order valence-electron chi connectivity index (χ4n) is 2.23. The summed E-state index contributed by atoms with van der Waals surface area (Å²) in [6, 6.07) is 1.33. The number of hydrogen-bond donors (Lipinski definition) is 1. The molecule has 1 unspecified atom stereocenters. The van der Waals surface area contributed by atoms with E-state index in [4.69, 9.17) is 4.74 Å². The molecular formula is C13H18N4O4. The van der Waals surface area contributed by atoms with Crippen molar-refractivity contribution in [3.63, 3.8) is 0 Å². The molecule has 1 aromatic heterocycles. The Morgan fingerprint density at radius 1 is 1.67 bits per heavy atom. The first kappa shape index (κ1) is 15.2. The number of nitro groups is 1. The second kappa shape index (κ2) is 6.49. The lowest BCUT2D eigenvalue weighted by Crippen LogP contribution is -2.47. The Morgan fingerprint density at radius 2 is 2.43 bits per heavy atom. The molecule has 2 rings (SSSR count). The quantitative estimate of drug-likeness (QED) is 0.663. The van der Waals surface area contributed by atoms with E-state index in [1.165, 1.54) is 6.07 Å². The summed E-state index contributed by atoms with van der Waals surface area (Å²) in [7, 11) is 0. The van der Waals surface area contributed by atoms with Gasteiger partial charge in [-0.15, -0.1) is 0 Å². The van der Waals surface area contributed by atoms with Gasteiger partial charge >= 0.3 is 0 Å². The molecule has 0 aliphatic carbocycles. The Labute approximate surface area is 122 Å². The first-order valence-electron chi connectivity index (χ1n) is 6.81. The van der Waals surface area contributed by atoms with Crippen LogP contribution in [-0.4, -0.2) is 53.1 Å². The molecule has 1 amide bonds. The molecule has 0 saturated carbocycles. The van der Waals surface area contributed by atoms with E-state index in [9.17, 15) is 14.9 Å². The van der Waals surface area contributed by atoms with Gasteiger partial charge < -0.3 is 15.0 Å². The number of aromatic nitrogens is 1. The summed E-state index contributed by atoms with van der Waals surface area (Å²) in [6.07, 6.45) is 1.12. The molecule has 0 bridgehead atoms. The summed E-state index contributed by atoms with van der Waals surface area (Å²) < 4.78 is 5.29. The number of hydrogen-bond acceptors (Lipinski definition) is 6. The first-order chi connectivity index (χ1) is 10.0. The topological polar surface area (TPSA) is 97.6 Å². The van der Waals surface area contributed by atoms with Crippen LogP contribution in [0.15, 0.2) is 12.3 Å². The van der Waals surface area contributed by atoms with Crippen LogP contribution in [0, 0.1) is 10.1 Å². The molecule has 0 radical (unpaired) electrons. The van der Waals surface area contributed by atoms with Gasteiger partial charge in [0.05, 0.1) is 24.2 Å². The largest absolute Gasteiger partial charge is 0.377 e. The van der Waals surface area contributed by atoms with Crippen LogP contribution in [0.25, 0.3) is 0 Å². The fourth-order valence-corrected chi connectivity index (χ4v) is 2.23. The van der Waals surface area contributed by atoms with Crippen LogP contribution >= 0.6 is 0 Å². The van der Waals surface area contributed by atoms with Crippen molar-refractivity contribution >= 4 is 17.4 Å². The van der Waals surface area contributed by atoms with Gasteiger partial charge in [0.2, 0.25) is 0 Å². The molecule has 21 heavy (non-hydrogen) atoms. The second-order valence-electron chi connectivity index (χ2n) is 4.80. The summed E-state index contributed by atoms with van der Waals surface area (Å²) in [5.74, 6) is 0.0893. The van der Waals surface area contributed by atoms with Gasteiger partial charge in [-0.25, -0.2) is 4.98 Å². The number of ether oxygens (including phenoxy) is 1. The van der Waals surface area contributed by atoms with Crippen LogP contribution in [0.5, 0.6) is 0 Å². The molecule has 1 fully saturated rings. The van der Waals surface area contributed by atoms with Crippen molar-refractivity contribution < 1.29 is 14.5 Å². The highest BCUT2D eigenvalue weighted by Gasteiger charge is 2.30. The number of rotatable bonds is 4. The molecule has 1 aromatic rings. The van der Waals surface area contributed by atoms with Crippen molar-refractivity contribution in [3.8, 4) is 0 Å². The van der Waals surface area contributed by atoms with Crippen molar-refractivity contribution in [2.45, 2.75) is 19.9 Å². The number of pyridine rings is 1. The molecular weight excluding hydrogens is 276 g/mol. The molecule has 1 saturated heterocycles. The molecule has 8 heteroatoms. The summed E-state index contributed by atoms with van der Waals surface area (Å²) >= 11 is 0. The number of carbonyl (C=O) groups excluding carboxylic acids is 1. The maximum Gasteiger partial charge on any atom is 0.300 e. The maximum atomic E-state index is 12.6. The third kappa shape index (κ3) is 3.27. The minimum absolute atomic E-state index is 0.0553. The minimum atomic E-state index is -0.582. The molecule has 0 aromatic carbocycles. The van der Waals surface area contributed by atoms with E-state index >= 15 is 0 Å². The highest BCUT2D eigenvalue weighted by atomic mass is 16.6. The molecule has 1 aliphatic rings. The number of anilines is 1. The van der Waals surface area contributed by atoms with E-state index in [1.807, 2.05) is 13.8 Å². The van der Waals surface area contributed by atoms with Crippen LogP contribution in [-0.2, 0) is 4.74 Å². The Bertz CT molecular complexity index is 549. The van der Waals surface area contributed by atoms with E-state index < -0.39 is 4.92 Å². The van der Waals surface area contributed by atoms with Crippen LogP contribution in [0.4, 0.5) is 11.5 Å². The Morgan fingerprint density at radius 3 is 3.05 bits per heavy atom. The molecule has 114 valence electrons. The highest BCUT2D eigenvalue weighted by molar-refractivity contribution is 5.99. The predicted octanol–water partition coefficient (Wildman–Crippen LogP) is 1.28. The third-order valence-corrected chi connectivity index (χ3v) is 3.30. The van der Waals surface area contributed by atoms with Crippen molar-refractivity contribution in [1.82, 2.24) is 9.88 Å².